The molecule has 0 saturated heterocycles. The number of benzene rings is 1. The first-order valence-corrected chi connectivity index (χ1v) is 9.55. The summed E-state index contributed by atoms with van der Waals surface area (Å²) in [5, 5.41) is 8.87. The summed E-state index contributed by atoms with van der Waals surface area (Å²) in [7, 11) is 1.90. The molecule has 0 atom stereocenters. The molecule has 0 unspecified atom stereocenters. The van der Waals surface area contributed by atoms with E-state index in [4.69, 9.17) is 9.47 Å². The zero-order valence-corrected chi connectivity index (χ0v) is 16.5. The van der Waals surface area contributed by atoms with E-state index in [1.165, 1.54) is 11.8 Å². The molecular weight excluding hydrogens is 364 g/mol. The molecule has 0 N–H and O–H groups in total. The first-order valence-electron chi connectivity index (χ1n) is 8.56. The van der Waals surface area contributed by atoms with Crippen LogP contribution in [0, 0.1) is 20.8 Å². The van der Waals surface area contributed by atoms with Crippen LogP contribution in [0.2, 0.25) is 0 Å². The Hall–Kier alpha value is -2.74. The maximum atomic E-state index is 12.8. The summed E-state index contributed by atoms with van der Waals surface area (Å²) in [6, 6.07) is 7.74. The van der Waals surface area contributed by atoms with E-state index in [0.29, 0.717) is 5.75 Å². The first-order chi connectivity index (χ1) is 13.0. The zero-order chi connectivity index (χ0) is 19.1. The topological polar surface area (TPSA) is 71.2 Å². The molecule has 0 bridgehead atoms. The lowest BCUT2D eigenvalue weighted by Gasteiger charge is -2.10. The van der Waals surface area contributed by atoms with Gasteiger partial charge in [-0.15, -0.1) is 10.2 Å². The zero-order valence-electron chi connectivity index (χ0n) is 15.6. The van der Waals surface area contributed by atoms with Gasteiger partial charge in [0.1, 0.15) is 5.82 Å². The van der Waals surface area contributed by atoms with Crippen LogP contribution in [0.3, 0.4) is 0 Å². The molecule has 8 heteroatoms. The van der Waals surface area contributed by atoms with Gasteiger partial charge in [0.25, 0.3) is 0 Å². The number of ether oxygens (including phenoxy) is 2. The fourth-order valence-corrected chi connectivity index (χ4v) is 4.03. The fraction of sp³-hybridized carbons (Fsp3) is 0.316. The third-order valence-corrected chi connectivity index (χ3v) is 5.75. The number of hydrogen-bond donors (Lipinski definition) is 0. The number of ketones is 1. The van der Waals surface area contributed by atoms with Gasteiger partial charge in [0.2, 0.25) is 6.79 Å². The van der Waals surface area contributed by atoms with Crippen LogP contribution in [0.1, 0.15) is 27.6 Å². The van der Waals surface area contributed by atoms with Crippen LogP contribution in [-0.2, 0) is 7.05 Å². The Morgan fingerprint density at radius 3 is 2.67 bits per heavy atom. The van der Waals surface area contributed by atoms with Gasteiger partial charge in [0, 0.05) is 35.8 Å². The first kappa shape index (κ1) is 17.7. The molecule has 7 nitrogen and oxygen atoms in total. The molecule has 0 aliphatic carbocycles. The van der Waals surface area contributed by atoms with Crippen LogP contribution < -0.4 is 9.47 Å². The normalized spacial score (nSPS) is 12.6. The molecule has 0 spiro atoms. The Bertz CT molecular complexity index is 1040. The van der Waals surface area contributed by atoms with Gasteiger partial charge in [0.05, 0.1) is 5.75 Å². The number of carbonyl (C=O) groups excluding carboxylic acids is 1. The highest BCUT2D eigenvalue weighted by Crippen LogP contribution is 2.35. The molecule has 3 heterocycles. The molecule has 0 fully saturated rings. The number of thioether (sulfide) groups is 1. The number of nitrogens with zero attached hydrogens (tertiary/aromatic N) is 4. The number of fused-ring (bicyclic) bond motifs is 1. The minimum absolute atomic E-state index is 0.0701. The van der Waals surface area contributed by atoms with E-state index < -0.39 is 0 Å². The molecule has 140 valence electrons. The third-order valence-electron chi connectivity index (χ3n) is 4.73. The van der Waals surface area contributed by atoms with Crippen LogP contribution in [-0.4, -0.2) is 37.7 Å². The molecule has 0 radical (unpaired) electrons. The minimum Gasteiger partial charge on any atom is -0.454 e. The smallest absolute Gasteiger partial charge is 0.231 e. The molecule has 0 saturated carbocycles. The Morgan fingerprint density at radius 2 is 1.93 bits per heavy atom. The summed E-state index contributed by atoms with van der Waals surface area (Å²) in [4.78, 5) is 12.8. The molecule has 1 aliphatic heterocycles. The Kier molecular flexibility index (Phi) is 4.43. The summed E-state index contributed by atoms with van der Waals surface area (Å²) >= 11 is 1.40. The highest BCUT2D eigenvalue weighted by molar-refractivity contribution is 7.99. The van der Waals surface area contributed by atoms with Gasteiger partial charge < -0.3 is 18.6 Å². The number of hydrogen-bond acceptors (Lipinski definition) is 6. The van der Waals surface area contributed by atoms with E-state index in [9.17, 15) is 4.79 Å². The number of aromatic nitrogens is 4. The van der Waals surface area contributed by atoms with E-state index in [2.05, 4.69) is 14.8 Å². The van der Waals surface area contributed by atoms with Crippen LogP contribution in [0.4, 0.5) is 0 Å². The molecule has 0 amide bonds. The van der Waals surface area contributed by atoms with Gasteiger partial charge >= 0.3 is 0 Å². The SMILES string of the molecule is Cc1nnc(SCC(=O)c2cc(C)n(-c3ccc4c(c3)OCO4)c2C)n1C. The molecule has 27 heavy (non-hydrogen) atoms. The van der Waals surface area contributed by atoms with Gasteiger partial charge in [0.15, 0.2) is 22.4 Å². The van der Waals surface area contributed by atoms with Gasteiger partial charge in [-0.3, -0.25) is 4.79 Å². The van der Waals surface area contributed by atoms with Crippen molar-refractivity contribution in [2.45, 2.75) is 25.9 Å². The average Bonchev–Trinajstić information content (AvgIpc) is 3.32. The lowest BCUT2D eigenvalue weighted by atomic mass is 10.2. The summed E-state index contributed by atoms with van der Waals surface area (Å²) in [6.07, 6.45) is 0. The van der Waals surface area contributed by atoms with Crippen molar-refractivity contribution in [2.75, 3.05) is 12.5 Å². The van der Waals surface area contributed by atoms with Crippen LogP contribution in [0.15, 0.2) is 29.4 Å². The maximum Gasteiger partial charge on any atom is 0.231 e. The maximum absolute atomic E-state index is 12.8. The standard InChI is InChI=1S/C19H20N4O3S/c1-11-7-15(16(24)9-27-19-21-20-13(3)22(19)4)12(2)23(11)14-5-6-17-18(8-14)26-10-25-17/h5-8H,9-10H2,1-4H3. The van der Waals surface area contributed by atoms with Crippen LogP contribution in [0.5, 0.6) is 11.5 Å². The molecular formula is C19H20N4O3S. The number of Topliss-reactive ketones (excluding diaryl/α,β-unsaturated/α-hetero) is 1. The largest absolute Gasteiger partial charge is 0.454 e. The van der Waals surface area contributed by atoms with E-state index in [1.807, 2.05) is 56.7 Å². The highest BCUT2D eigenvalue weighted by atomic mass is 32.2. The monoisotopic (exact) mass is 384 g/mol. The van der Waals surface area contributed by atoms with Crippen LogP contribution >= 0.6 is 11.8 Å². The van der Waals surface area contributed by atoms with Crippen molar-refractivity contribution in [1.29, 1.82) is 0 Å². The van der Waals surface area contributed by atoms with Gasteiger partial charge in [-0.2, -0.15) is 0 Å². The van der Waals surface area contributed by atoms with Gasteiger partial charge in [-0.05, 0) is 39.0 Å². The fourth-order valence-electron chi connectivity index (χ4n) is 3.19. The number of carbonyl (C=O) groups is 1. The highest BCUT2D eigenvalue weighted by Gasteiger charge is 2.20. The summed E-state index contributed by atoms with van der Waals surface area (Å²) in [5.41, 5.74) is 3.57. The molecule has 1 aliphatic rings. The summed E-state index contributed by atoms with van der Waals surface area (Å²) in [6.45, 7) is 6.08. The van der Waals surface area contributed by atoms with E-state index in [1.54, 1.807) is 0 Å². The second-order valence-electron chi connectivity index (χ2n) is 6.46. The van der Waals surface area contributed by atoms with E-state index in [-0.39, 0.29) is 12.6 Å². The average molecular weight is 384 g/mol. The van der Waals surface area contributed by atoms with Crippen molar-refractivity contribution in [2.24, 2.45) is 7.05 Å². The van der Waals surface area contributed by atoms with E-state index in [0.717, 1.165) is 45.1 Å². The Labute approximate surface area is 161 Å². The Balaban J connectivity index is 1.58. The number of aryl methyl sites for hydroxylation is 2. The Morgan fingerprint density at radius 1 is 1.15 bits per heavy atom. The quantitative estimate of drug-likeness (QED) is 0.497. The molecule has 1 aromatic carbocycles. The van der Waals surface area contributed by atoms with Crippen molar-refractivity contribution in [3.63, 3.8) is 0 Å². The summed E-state index contributed by atoms with van der Waals surface area (Å²) in [5.74, 6) is 2.68. The second kappa shape index (κ2) is 6.77. The van der Waals surface area contributed by atoms with Crippen molar-refractivity contribution in [3.8, 4) is 17.2 Å². The second-order valence-corrected chi connectivity index (χ2v) is 7.40. The predicted octanol–water partition coefficient (Wildman–Crippen LogP) is 3.23. The third kappa shape index (κ3) is 3.10. The predicted molar refractivity (Wildman–Crippen MR) is 102 cm³/mol. The minimum atomic E-state index is 0.0701. The number of rotatable bonds is 5. The molecule has 4 rings (SSSR count). The summed E-state index contributed by atoms with van der Waals surface area (Å²) < 4.78 is 14.8. The van der Waals surface area contributed by atoms with Gasteiger partial charge in [-0.1, -0.05) is 11.8 Å². The lowest BCUT2D eigenvalue weighted by molar-refractivity contribution is 0.102. The van der Waals surface area contributed by atoms with Crippen molar-refractivity contribution in [3.05, 3.63) is 47.0 Å². The van der Waals surface area contributed by atoms with E-state index >= 15 is 0 Å². The van der Waals surface area contributed by atoms with Crippen molar-refractivity contribution < 1.29 is 14.3 Å². The van der Waals surface area contributed by atoms with Crippen molar-refractivity contribution >= 4 is 17.5 Å². The lowest BCUT2D eigenvalue weighted by Crippen LogP contribution is -2.06. The van der Waals surface area contributed by atoms with Crippen molar-refractivity contribution in [1.82, 2.24) is 19.3 Å². The molecule has 3 aromatic rings. The van der Waals surface area contributed by atoms with Crippen LogP contribution in [0.25, 0.3) is 5.69 Å². The van der Waals surface area contributed by atoms with Gasteiger partial charge in [-0.25, -0.2) is 0 Å². The molecule has 2 aromatic heterocycles.